The van der Waals surface area contributed by atoms with E-state index < -0.39 is 0 Å². The molecule has 3 fully saturated rings. The second-order valence-corrected chi connectivity index (χ2v) is 8.21. The minimum absolute atomic E-state index is 0.0262. The van der Waals surface area contributed by atoms with Gasteiger partial charge < -0.3 is 19.5 Å². The standard InChI is InChI=1S/C20H27NO3/c1-23-17-4-2-3-15-18(17)24-19-16(22)8-7-14-12-21(11-13-5-6-13)10-9-20(14,15)19/h2-4,13-14,16,19,22H,5-12H2,1H3/t14-,16-,19-,20-/m0/s1. The first-order valence-corrected chi connectivity index (χ1v) is 9.47. The highest BCUT2D eigenvalue weighted by Gasteiger charge is 2.60. The van der Waals surface area contributed by atoms with Crippen molar-refractivity contribution in [3.05, 3.63) is 23.8 Å². The van der Waals surface area contributed by atoms with Crippen LogP contribution in [-0.4, -0.2) is 49.0 Å². The number of likely N-dealkylation sites (tertiary alicyclic amines) is 1. The summed E-state index contributed by atoms with van der Waals surface area (Å²) in [5.74, 6) is 3.21. The lowest BCUT2D eigenvalue weighted by Gasteiger charge is -2.52. The Bertz CT molecular complexity index is 644. The van der Waals surface area contributed by atoms with Gasteiger partial charge in [-0.3, -0.25) is 0 Å². The summed E-state index contributed by atoms with van der Waals surface area (Å²) in [6.45, 7) is 3.54. The van der Waals surface area contributed by atoms with Crippen molar-refractivity contribution < 1.29 is 14.6 Å². The van der Waals surface area contributed by atoms with Crippen LogP contribution in [0.3, 0.4) is 0 Å². The molecule has 2 aliphatic carbocycles. The Hall–Kier alpha value is -1.26. The molecule has 4 atom stereocenters. The summed E-state index contributed by atoms with van der Waals surface area (Å²) in [6.07, 6.45) is 5.39. The van der Waals surface area contributed by atoms with Gasteiger partial charge in [0.05, 0.1) is 13.2 Å². The van der Waals surface area contributed by atoms with Gasteiger partial charge in [0.15, 0.2) is 11.5 Å². The maximum absolute atomic E-state index is 10.7. The molecule has 2 aliphatic heterocycles. The summed E-state index contributed by atoms with van der Waals surface area (Å²) in [5, 5.41) is 10.7. The van der Waals surface area contributed by atoms with Gasteiger partial charge in [0, 0.05) is 24.1 Å². The third-order valence-corrected chi connectivity index (χ3v) is 6.88. The van der Waals surface area contributed by atoms with Crippen LogP contribution in [-0.2, 0) is 5.41 Å². The van der Waals surface area contributed by atoms with Crippen molar-refractivity contribution in [2.24, 2.45) is 11.8 Å². The number of nitrogens with zero attached hydrogens (tertiary/aromatic N) is 1. The fourth-order valence-corrected chi connectivity index (χ4v) is 5.52. The van der Waals surface area contributed by atoms with Gasteiger partial charge >= 0.3 is 0 Å². The number of aliphatic hydroxyl groups is 1. The first-order chi connectivity index (χ1) is 11.7. The van der Waals surface area contributed by atoms with Gasteiger partial charge in [0.25, 0.3) is 0 Å². The van der Waals surface area contributed by atoms with E-state index in [2.05, 4.69) is 17.0 Å². The lowest BCUT2D eigenvalue weighted by atomic mass is 9.57. The molecule has 4 heteroatoms. The summed E-state index contributed by atoms with van der Waals surface area (Å²) >= 11 is 0. The number of fused-ring (bicyclic) bond motifs is 1. The number of para-hydroxylation sites is 1. The van der Waals surface area contributed by atoms with Gasteiger partial charge in [-0.15, -0.1) is 0 Å². The van der Waals surface area contributed by atoms with Gasteiger partial charge in [0.1, 0.15) is 6.10 Å². The lowest BCUT2D eigenvalue weighted by Crippen LogP contribution is -2.61. The zero-order valence-electron chi connectivity index (χ0n) is 14.4. The summed E-state index contributed by atoms with van der Waals surface area (Å²) in [6, 6.07) is 6.25. The molecule has 0 bridgehead atoms. The molecule has 24 heavy (non-hydrogen) atoms. The first kappa shape index (κ1) is 15.0. The Labute approximate surface area is 143 Å². The van der Waals surface area contributed by atoms with E-state index in [-0.39, 0.29) is 17.6 Å². The average molecular weight is 329 g/mol. The van der Waals surface area contributed by atoms with Gasteiger partial charge in [-0.2, -0.15) is 0 Å². The molecule has 1 spiro atoms. The predicted molar refractivity (Wildman–Crippen MR) is 91.6 cm³/mol. The van der Waals surface area contributed by atoms with Crippen molar-refractivity contribution in [1.29, 1.82) is 0 Å². The fourth-order valence-electron chi connectivity index (χ4n) is 5.52. The Morgan fingerprint density at radius 1 is 1.29 bits per heavy atom. The molecule has 5 rings (SSSR count). The molecule has 1 N–H and O–H groups in total. The molecule has 0 unspecified atom stereocenters. The zero-order chi connectivity index (χ0) is 16.3. The number of aliphatic hydroxyl groups excluding tert-OH is 1. The van der Waals surface area contributed by atoms with E-state index >= 15 is 0 Å². The minimum atomic E-state index is -0.367. The fraction of sp³-hybridized carbons (Fsp3) is 0.700. The second-order valence-electron chi connectivity index (χ2n) is 8.21. The topological polar surface area (TPSA) is 41.9 Å². The normalized spacial score (nSPS) is 38.0. The molecule has 4 aliphatic rings. The van der Waals surface area contributed by atoms with Crippen molar-refractivity contribution in [3.63, 3.8) is 0 Å². The Balaban J connectivity index is 1.53. The molecular formula is C20H27NO3. The second kappa shape index (κ2) is 5.37. The molecule has 1 aromatic rings. The van der Waals surface area contributed by atoms with Crippen molar-refractivity contribution in [3.8, 4) is 11.5 Å². The SMILES string of the molecule is COc1cccc2c1O[C@H]1[C@@H](O)CC[C@H]3CN(CC4CC4)CC[C@@]231. The average Bonchev–Trinajstić information content (AvgIpc) is 3.35. The Morgan fingerprint density at radius 2 is 2.17 bits per heavy atom. The van der Waals surface area contributed by atoms with Crippen LogP contribution in [0, 0.1) is 11.8 Å². The third kappa shape index (κ3) is 2.05. The molecule has 130 valence electrons. The van der Waals surface area contributed by atoms with Gasteiger partial charge in [-0.05, 0) is 56.6 Å². The van der Waals surface area contributed by atoms with Crippen LogP contribution in [0.1, 0.15) is 37.7 Å². The number of hydrogen-bond acceptors (Lipinski definition) is 4. The summed E-state index contributed by atoms with van der Waals surface area (Å²) in [5.41, 5.74) is 1.25. The van der Waals surface area contributed by atoms with Crippen LogP contribution in [0.15, 0.2) is 18.2 Å². The van der Waals surface area contributed by atoms with Gasteiger partial charge in [-0.25, -0.2) is 0 Å². The van der Waals surface area contributed by atoms with E-state index in [1.54, 1.807) is 7.11 Å². The number of hydrogen-bond donors (Lipinski definition) is 1. The van der Waals surface area contributed by atoms with Crippen molar-refractivity contribution >= 4 is 0 Å². The molecule has 4 nitrogen and oxygen atoms in total. The Kier molecular flexibility index (Phi) is 3.36. The van der Waals surface area contributed by atoms with E-state index in [0.717, 1.165) is 49.8 Å². The number of rotatable bonds is 3. The Morgan fingerprint density at radius 3 is 2.96 bits per heavy atom. The van der Waals surface area contributed by atoms with E-state index in [9.17, 15) is 5.11 Å². The molecule has 0 radical (unpaired) electrons. The largest absolute Gasteiger partial charge is 0.493 e. The summed E-state index contributed by atoms with van der Waals surface area (Å²) in [4.78, 5) is 2.67. The number of ether oxygens (including phenoxy) is 2. The predicted octanol–water partition coefficient (Wildman–Crippen LogP) is 2.58. The monoisotopic (exact) mass is 329 g/mol. The van der Waals surface area contributed by atoms with Crippen LogP contribution in [0.5, 0.6) is 11.5 Å². The highest BCUT2D eigenvalue weighted by molar-refractivity contribution is 5.55. The number of benzene rings is 1. The molecule has 0 amide bonds. The van der Waals surface area contributed by atoms with Crippen LogP contribution in [0.2, 0.25) is 0 Å². The lowest BCUT2D eigenvalue weighted by molar-refractivity contribution is -0.0793. The van der Waals surface area contributed by atoms with Gasteiger partial charge in [0.2, 0.25) is 0 Å². The molecule has 1 aromatic carbocycles. The van der Waals surface area contributed by atoms with Crippen molar-refractivity contribution in [2.45, 2.75) is 49.7 Å². The van der Waals surface area contributed by atoms with Crippen LogP contribution in [0.4, 0.5) is 0 Å². The van der Waals surface area contributed by atoms with Crippen molar-refractivity contribution in [2.75, 3.05) is 26.7 Å². The van der Waals surface area contributed by atoms with Crippen LogP contribution >= 0.6 is 0 Å². The van der Waals surface area contributed by atoms with Crippen molar-refractivity contribution in [1.82, 2.24) is 4.90 Å². The van der Waals surface area contributed by atoms with Crippen LogP contribution < -0.4 is 9.47 Å². The first-order valence-electron chi connectivity index (χ1n) is 9.47. The highest BCUT2D eigenvalue weighted by Crippen LogP contribution is 2.58. The highest BCUT2D eigenvalue weighted by atomic mass is 16.5. The molecular weight excluding hydrogens is 302 g/mol. The number of piperidine rings is 1. The third-order valence-electron chi connectivity index (χ3n) is 6.88. The number of methoxy groups -OCH3 is 1. The smallest absolute Gasteiger partial charge is 0.165 e. The van der Waals surface area contributed by atoms with E-state index in [0.29, 0.717) is 5.92 Å². The molecule has 2 saturated carbocycles. The van der Waals surface area contributed by atoms with E-state index in [1.165, 1.54) is 24.9 Å². The van der Waals surface area contributed by atoms with E-state index in [1.807, 2.05) is 6.07 Å². The van der Waals surface area contributed by atoms with Gasteiger partial charge in [-0.1, -0.05) is 12.1 Å². The zero-order valence-corrected chi connectivity index (χ0v) is 14.4. The maximum atomic E-state index is 10.7. The molecule has 1 saturated heterocycles. The summed E-state index contributed by atoms with van der Waals surface area (Å²) in [7, 11) is 1.70. The van der Waals surface area contributed by atoms with E-state index in [4.69, 9.17) is 9.47 Å². The quantitative estimate of drug-likeness (QED) is 0.925. The molecule has 2 heterocycles. The van der Waals surface area contributed by atoms with Crippen LogP contribution in [0.25, 0.3) is 0 Å². The summed E-state index contributed by atoms with van der Waals surface area (Å²) < 4.78 is 11.9. The maximum Gasteiger partial charge on any atom is 0.165 e. The molecule has 0 aromatic heterocycles. The minimum Gasteiger partial charge on any atom is -0.493 e.